The normalized spacial score (nSPS) is 10.5. The molecule has 0 aliphatic rings. The molecule has 2 nitrogen and oxygen atoms in total. The number of hydrogen-bond acceptors (Lipinski definition) is 5. The van der Waals surface area contributed by atoms with E-state index >= 15 is 0 Å². The first kappa shape index (κ1) is 11.1. The van der Waals surface area contributed by atoms with Crippen molar-refractivity contribution in [1.82, 2.24) is 10.2 Å². The van der Waals surface area contributed by atoms with E-state index in [9.17, 15) is 0 Å². The lowest BCUT2D eigenvalue weighted by atomic mass is 10.2. The molecule has 0 fully saturated rings. The van der Waals surface area contributed by atoms with Crippen LogP contribution in [0.15, 0.2) is 32.9 Å². The van der Waals surface area contributed by atoms with Gasteiger partial charge in [-0.1, -0.05) is 23.7 Å². The van der Waals surface area contributed by atoms with E-state index in [0.29, 0.717) is 4.34 Å². The second-order valence-corrected chi connectivity index (χ2v) is 6.03. The number of aromatic nitrogens is 2. The molecule has 0 aliphatic carbocycles. The van der Waals surface area contributed by atoms with Crippen LogP contribution in [0.2, 0.25) is 5.02 Å². The fraction of sp³-hybridized carbons (Fsp3) is 0.111. The second kappa shape index (κ2) is 5.12. The number of hydrogen-bond donors (Lipinski definition) is 0. The van der Waals surface area contributed by atoms with Gasteiger partial charge in [0.1, 0.15) is 0 Å². The standard InChI is InChI=1S/C9H7ClN2S3/c10-7-3-1-6(2-4-7)5-14-9-12-11-8(13)15-9/h1-4H,5H2,(H,11,13)/p-1. The number of halogens is 1. The van der Waals surface area contributed by atoms with Crippen LogP contribution < -0.4 is 0 Å². The van der Waals surface area contributed by atoms with Crippen molar-refractivity contribution in [1.29, 1.82) is 0 Å². The summed E-state index contributed by atoms with van der Waals surface area (Å²) >= 11 is 13.8. The molecule has 0 radical (unpaired) electrons. The third-order valence-electron chi connectivity index (χ3n) is 1.66. The van der Waals surface area contributed by atoms with Gasteiger partial charge in [0.2, 0.25) is 0 Å². The van der Waals surface area contributed by atoms with Gasteiger partial charge in [-0.2, -0.15) is 10.2 Å². The SMILES string of the molecule is [S-]c1nnc(SCc2ccc(Cl)cc2)s1. The highest BCUT2D eigenvalue weighted by Crippen LogP contribution is 2.26. The van der Waals surface area contributed by atoms with E-state index in [-0.39, 0.29) is 0 Å². The lowest BCUT2D eigenvalue weighted by molar-refractivity contribution is 0.956. The van der Waals surface area contributed by atoms with Crippen molar-refractivity contribution in [3.63, 3.8) is 0 Å². The van der Waals surface area contributed by atoms with Crippen LogP contribution >= 0.6 is 34.7 Å². The molecule has 1 aromatic heterocycles. The quantitative estimate of drug-likeness (QED) is 0.632. The van der Waals surface area contributed by atoms with Gasteiger partial charge in [0, 0.05) is 10.8 Å². The molecule has 0 atom stereocenters. The van der Waals surface area contributed by atoms with E-state index < -0.39 is 0 Å². The van der Waals surface area contributed by atoms with E-state index in [0.717, 1.165) is 15.1 Å². The van der Waals surface area contributed by atoms with Gasteiger partial charge < -0.3 is 24.0 Å². The van der Waals surface area contributed by atoms with Crippen LogP contribution in [0.1, 0.15) is 5.56 Å². The molecule has 1 aromatic carbocycles. The molecule has 78 valence electrons. The minimum atomic E-state index is 0.591. The summed E-state index contributed by atoms with van der Waals surface area (Å²) < 4.78 is 1.50. The van der Waals surface area contributed by atoms with Crippen molar-refractivity contribution in [3.05, 3.63) is 34.9 Å². The van der Waals surface area contributed by atoms with Gasteiger partial charge in [-0.3, -0.25) is 0 Å². The Morgan fingerprint density at radius 1 is 1.27 bits per heavy atom. The lowest BCUT2D eigenvalue weighted by Gasteiger charge is -2.00. The molecule has 0 unspecified atom stereocenters. The Hall–Kier alpha value is -0.360. The van der Waals surface area contributed by atoms with Crippen LogP contribution in [-0.4, -0.2) is 10.2 Å². The molecule has 0 saturated carbocycles. The summed E-state index contributed by atoms with van der Waals surface area (Å²) in [4.78, 5) is 0. The van der Waals surface area contributed by atoms with Crippen LogP contribution in [0.3, 0.4) is 0 Å². The minimum absolute atomic E-state index is 0.591. The zero-order chi connectivity index (χ0) is 10.7. The van der Waals surface area contributed by atoms with Gasteiger partial charge in [0.25, 0.3) is 0 Å². The first-order valence-electron chi connectivity index (χ1n) is 4.12. The average Bonchev–Trinajstić information content (AvgIpc) is 2.64. The summed E-state index contributed by atoms with van der Waals surface area (Å²) in [6.07, 6.45) is 0. The summed E-state index contributed by atoms with van der Waals surface area (Å²) in [5.74, 6) is 0.862. The molecule has 2 rings (SSSR count). The molecule has 0 saturated heterocycles. The van der Waals surface area contributed by atoms with Gasteiger partial charge >= 0.3 is 0 Å². The van der Waals surface area contributed by atoms with E-state index in [2.05, 4.69) is 10.2 Å². The molecule has 0 N–H and O–H groups in total. The first-order chi connectivity index (χ1) is 7.24. The monoisotopic (exact) mass is 273 g/mol. The van der Waals surface area contributed by atoms with E-state index in [4.69, 9.17) is 24.2 Å². The van der Waals surface area contributed by atoms with Gasteiger partial charge in [-0.05, 0) is 22.0 Å². The predicted molar refractivity (Wildman–Crippen MR) is 66.6 cm³/mol. The van der Waals surface area contributed by atoms with Gasteiger partial charge in [-0.25, -0.2) is 0 Å². The number of benzene rings is 1. The minimum Gasteiger partial charge on any atom is -0.406 e. The third-order valence-corrected chi connectivity index (χ3v) is 4.17. The summed E-state index contributed by atoms with van der Waals surface area (Å²) in [5, 5.41) is 8.49. The van der Waals surface area contributed by atoms with E-state index in [1.54, 1.807) is 11.8 Å². The zero-order valence-corrected chi connectivity index (χ0v) is 10.7. The largest absolute Gasteiger partial charge is 0.406 e. The fourth-order valence-electron chi connectivity index (χ4n) is 0.981. The molecule has 0 amide bonds. The molecule has 6 heteroatoms. The highest BCUT2D eigenvalue weighted by molar-refractivity contribution is 8.00. The van der Waals surface area contributed by atoms with Crippen LogP contribution in [-0.2, 0) is 18.4 Å². The number of rotatable bonds is 3. The van der Waals surface area contributed by atoms with Crippen molar-refractivity contribution in [3.8, 4) is 0 Å². The molecule has 0 bridgehead atoms. The summed E-state index contributed by atoms with van der Waals surface area (Å²) in [6.45, 7) is 0. The number of thioether (sulfide) groups is 1. The molecule has 0 spiro atoms. The Labute approximate surface area is 106 Å². The maximum Gasteiger partial charge on any atom is 0.0808 e. The first-order valence-corrected chi connectivity index (χ1v) is 6.70. The Morgan fingerprint density at radius 2 is 2.00 bits per heavy atom. The second-order valence-electron chi connectivity index (χ2n) is 2.75. The van der Waals surface area contributed by atoms with E-state index in [1.165, 1.54) is 16.9 Å². The highest BCUT2D eigenvalue weighted by atomic mass is 35.5. The van der Waals surface area contributed by atoms with E-state index in [1.807, 2.05) is 24.3 Å². The van der Waals surface area contributed by atoms with Crippen LogP contribution in [0, 0.1) is 0 Å². The van der Waals surface area contributed by atoms with Crippen LogP contribution in [0.5, 0.6) is 0 Å². The van der Waals surface area contributed by atoms with Gasteiger partial charge in [0.15, 0.2) is 0 Å². The summed E-state index contributed by atoms with van der Waals surface area (Å²) in [6, 6.07) is 7.78. The maximum atomic E-state index is 5.79. The molecular formula is C9H6ClN2S3-. The Bertz CT molecular complexity index is 441. The highest BCUT2D eigenvalue weighted by Gasteiger charge is 1.96. The fourth-order valence-corrected chi connectivity index (χ4v) is 3.09. The van der Waals surface area contributed by atoms with Gasteiger partial charge in [0.05, 0.1) is 4.34 Å². The predicted octanol–water partition coefficient (Wildman–Crippen LogP) is 3.39. The smallest absolute Gasteiger partial charge is 0.0808 e. The van der Waals surface area contributed by atoms with Crippen LogP contribution in [0.25, 0.3) is 0 Å². The van der Waals surface area contributed by atoms with Crippen molar-refractivity contribution in [2.24, 2.45) is 0 Å². The molecule has 15 heavy (non-hydrogen) atoms. The molecule has 2 aromatic rings. The molecule has 0 aliphatic heterocycles. The Kier molecular flexibility index (Phi) is 3.80. The summed E-state index contributed by atoms with van der Waals surface area (Å²) in [5.41, 5.74) is 1.21. The van der Waals surface area contributed by atoms with Crippen molar-refractivity contribution < 1.29 is 0 Å². The number of nitrogens with zero attached hydrogens (tertiary/aromatic N) is 2. The van der Waals surface area contributed by atoms with Crippen LogP contribution in [0.4, 0.5) is 0 Å². The summed E-state index contributed by atoms with van der Waals surface area (Å²) in [7, 11) is 0. The Morgan fingerprint density at radius 3 is 2.60 bits per heavy atom. The molecular weight excluding hydrogens is 268 g/mol. The maximum absolute atomic E-state index is 5.79. The third kappa shape index (κ3) is 3.31. The van der Waals surface area contributed by atoms with Gasteiger partial charge in [-0.15, -0.1) is 11.8 Å². The average molecular weight is 274 g/mol. The molecule has 1 heterocycles. The van der Waals surface area contributed by atoms with Crippen molar-refractivity contribution >= 4 is 47.3 Å². The topological polar surface area (TPSA) is 25.8 Å². The van der Waals surface area contributed by atoms with Crippen molar-refractivity contribution in [2.75, 3.05) is 0 Å². The Balaban J connectivity index is 1.96. The van der Waals surface area contributed by atoms with Crippen molar-refractivity contribution in [2.45, 2.75) is 14.4 Å². The lowest BCUT2D eigenvalue weighted by Crippen LogP contribution is -1.79. The zero-order valence-electron chi connectivity index (χ0n) is 7.51.